The topological polar surface area (TPSA) is 83.5 Å². The molecule has 0 aromatic heterocycles. The second-order valence-corrected chi connectivity index (χ2v) is 6.71. The fourth-order valence-electron chi connectivity index (χ4n) is 2.06. The number of rotatable bonds is 6. The molecule has 0 saturated carbocycles. The van der Waals surface area contributed by atoms with Crippen LogP contribution in [0, 0.1) is 6.92 Å². The molecule has 0 aliphatic carbocycles. The molecule has 0 unspecified atom stereocenters. The highest BCUT2D eigenvalue weighted by Gasteiger charge is 2.23. The molecule has 116 valence electrons. The van der Waals surface area contributed by atoms with Crippen molar-refractivity contribution in [1.82, 2.24) is 4.72 Å². The van der Waals surface area contributed by atoms with Gasteiger partial charge in [0.05, 0.1) is 17.4 Å². The van der Waals surface area contributed by atoms with E-state index in [1.54, 1.807) is 42.5 Å². The Hall–Kier alpha value is -2.18. The Morgan fingerprint density at radius 1 is 1.09 bits per heavy atom. The molecule has 22 heavy (non-hydrogen) atoms. The average Bonchev–Trinajstić information content (AvgIpc) is 2.47. The van der Waals surface area contributed by atoms with Crippen molar-refractivity contribution in [3.63, 3.8) is 0 Å². The van der Waals surface area contributed by atoms with Gasteiger partial charge in [0, 0.05) is 0 Å². The number of carboxylic acids is 1. The molecule has 2 N–H and O–H groups in total. The van der Waals surface area contributed by atoms with Gasteiger partial charge in [-0.05, 0) is 24.6 Å². The van der Waals surface area contributed by atoms with Crippen LogP contribution in [0.15, 0.2) is 59.5 Å². The predicted molar refractivity (Wildman–Crippen MR) is 82.9 cm³/mol. The van der Waals surface area contributed by atoms with Gasteiger partial charge in [-0.15, -0.1) is 0 Å². The quantitative estimate of drug-likeness (QED) is 0.857. The summed E-state index contributed by atoms with van der Waals surface area (Å²) in [6.45, 7) is 1.86. The second-order valence-electron chi connectivity index (χ2n) is 5.00. The largest absolute Gasteiger partial charge is 0.481 e. The molecule has 0 bridgehead atoms. The van der Waals surface area contributed by atoms with Gasteiger partial charge in [-0.1, -0.05) is 48.0 Å². The third kappa shape index (κ3) is 4.16. The van der Waals surface area contributed by atoms with Crippen LogP contribution in [-0.4, -0.2) is 19.5 Å². The Bertz CT molecular complexity index is 739. The first-order valence-electron chi connectivity index (χ1n) is 6.74. The standard InChI is InChI=1S/C16H17NO4S/c1-12-7-9-14(10-8-12)22(20,21)17-15(11-16(18)19)13-5-3-2-4-6-13/h2-10,15,17H,11H2,1H3,(H,18,19)/t15-/m1/s1. The van der Waals surface area contributed by atoms with E-state index in [9.17, 15) is 13.2 Å². The number of sulfonamides is 1. The van der Waals surface area contributed by atoms with Crippen molar-refractivity contribution >= 4 is 16.0 Å². The fourth-order valence-corrected chi connectivity index (χ4v) is 3.28. The summed E-state index contributed by atoms with van der Waals surface area (Å²) < 4.78 is 27.3. The summed E-state index contributed by atoms with van der Waals surface area (Å²) in [6, 6.07) is 14.2. The van der Waals surface area contributed by atoms with Gasteiger partial charge in [0.15, 0.2) is 0 Å². The van der Waals surface area contributed by atoms with Gasteiger partial charge in [-0.3, -0.25) is 4.79 Å². The van der Waals surface area contributed by atoms with E-state index in [1.165, 1.54) is 12.1 Å². The van der Waals surface area contributed by atoms with Crippen molar-refractivity contribution in [1.29, 1.82) is 0 Å². The Labute approximate surface area is 129 Å². The van der Waals surface area contributed by atoms with Crippen molar-refractivity contribution in [3.05, 3.63) is 65.7 Å². The Balaban J connectivity index is 2.30. The van der Waals surface area contributed by atoms with E-state index in [1.807, 2.05) is 6.92 Å². The Kier molecular flexibility index (Phi) is 4.95. The lowest BCUT2D eigenvalue weighted by Gasteiger charge is -2.17. The number of hydrogen-bond donors (Lipinski definition) is 2. The molecule has 1 atom stereocenters. The first kappa shape index (κ1) is 16.2. The number of carbonyl (C=O) groups is 1. The van der Waals surface area contributed by atoms with Crippen molar-refractivity contribution in [2.24, 2.45) is 0 Å². The molecular weight excluding hydrogens is 302 g/mol. The number of benzene rings is 2. The van der Waals surface area contributed by atoms with Gasteiger partial charge in [-0.2, -0.15) is 0 Å². The number of nitrogens with one attached hydrogen (secondary N) is 1. The lowest BCUT2D eigenvalue weighted by atomic mass is 10.1. The summed E-state index contributed by atoms with van der Waals surface area (Å²) in [5, 5.41) is 9.01. The van der Waals surface area contributed by atoms with Crippen molar-refractivity contribution in [2.45, 2.75) is 24.3 Å². The van der Waals surface area contributed by atoms with E-state index in [0.717, 1.165) is 5.56 Å². The molecule has 0 saturated heterocycles. The van der Waals surface area contributed by atoms with Crippen molar-refractivity contribution < 1.29 is 18.3 Å². The lowest BCUT2D eigenvalue weighted by Crippen LogP contribution is -2.30. The molecule has 0 aliphatic heterocycles. The van der Waals surface area contributed by atoms with E-state index >= 15 is 0 Å². The van der Waals surface area contributed by atoms with Crippen LogP contribution in [0.1, 0.15) is 23.6 Å². The summed E-state index contributed by atoms with van der Waals surface area (Å²) in [5.41, 5.74) is 1.56. The Morgan fingerprint density at radius 2 is 1.68 bits per heavy atom. The molecule has 6 heteroatoms. The number of aliphatic carboxylic acids is 1. The molecule has 0 spiro atoms. The van der Waals surface area contributed by atoms with Crippen LogP contribution in [0.5, 0.6) is 0 Å². The number of carboxylic acid groups (broad SMARTS) is 1. The van der Waals surface area contributed by atoms with Crippen LogP contribution in [0.2, 0.25) is 0 Å². The smallest absolute Gasteiger partial charge is 0.305 e. The monoisotopic (exact) mass is 319 g/mol. The molecule has 0 aliphatic rings. The first-order chi connectivity index (χ1) is 10.4. The highest BCUT2D eigenvalue weighted by Crippen LogP contribution is 2.20. The third-order valence-electron chi connectivity index (χ3n) is 3.21. The molecule has 0 heterocycles. The summed E-state index contributed by atoms with van der Waals surface area (Å²) in [7, 11) is -3.78. The fraction of sp³-hybridized carbons (Fsp3) is 0.188. The minimum absolute atomic E-state index is 0.115. The van der Waals surface area contributed by atoms with Crippen molar-refractivity contribution in [2.75, 3.05) is 0 Å². The molecule has 0 amide bonds. The van der Waals surface area contributed by atoms with Crippen LogP contribution in [0.3, 0.4) is 0 Å². The van der Waals surface area contributed by atoms with E-state index < -0.39 is 22.0 Å². The van der Waals surface area contributed by atoms with Gasteiger partial charge < -0.3 is 5.11 Å². The zero-order valence-corrected chi connectivity index (χ0v) is 12.9. The van der Waals surface area contributed by atoms with Gasteiger partial charge in [0.25, 0.3) is 0 Å². The van der Waals surface area contributed by atoms with Crippen LogP contribution < -0.4 is 4.72 Å². The molecule has 5 nitrogen and oxygen atoms in total. The van der Waals surface area contributed by atoms with Gasteiger partial charge in [0.2, 0.25) is 10.0 Å². The highest BCUT2D eigenvalue weighted by molar-refractivity contribution is 7.89. The minimum atomic E-state index is -3.78. The average molecular weight is 319 g/mol. The molecule has 2 aromatic carbocycles. The van der Waals surface area contributed by atoms with E-state index in [4.69, 9.17) is 5.11 Å². The van der Waals surface area contributed by atoms with E-state index in [2.05, 4.69) is 4.72 Å². The van der Waals surface area contributed by atoms with Gasteiger partial charge in [0.1, 0.15) is 0 Å². The number of aryl methyl sites for hydroxylation is 1. The summed E-state index contributed by atoms with van der Waals surface area (Å²) in [5.74, 6) is -1.07. The predicted octanol–water partition coefficient (Wildman–Crippen LogP) is 2.49. The zero-order chi connectivity index (χ0) is 16.2. The van der Waals surface area contributed by atoms with E-state index in [0.29, 0.717) is 5.56 Å². The molecular formula is C16H17NO4S. The normalized spacial score (nSPS) is 12.8. The van der Waals surface area contributed by atoms with Gasteiger partial charge in [-0.25, -0.2) is 13.1 Å². The molecule has 0 fully saturated rings. The lowest BCUT2D eigenvalue weighted by molar-refractivity contribution is -0.137. The van der Waals surface area contributed by atoms with E-state index in [-0.39, 0.29) is 11.3 Å². The van der Waals surface area contributed by atoms with Crippen LogP contribution in [-0.2, 0) is 14.8 Å². The third-order valence-corrected chi connectivity index (χ3v) is 4.70. The first-order valence-corrected chi connectivity index (χ1v) is 8.22. The maximum absolute atomic E-state index is 12.4. The highest BCUT2D eigenvalue weighted by atomic mass is 32.2. The Morgan fingerprint density at radius 3 is 2.23 bits per heavy atom. The van der Waals surface area contributed by atoms with Gasteiger partial charge >= 0.3 is 5.97 Å². The minimum Gasteiger partial charge on any atom is -0.481 e. The molecule has 2 rings (SSSR count). The summed E-state index contributed by atoms with van der Waals surface area (Å²) in [6.07, 6.45) is -0.324. The second kappa shape index (κ2) is 6.72. The summed E-state index contributed by atoms with van der Waals surface area (Å²) in [4.78, 5) is 11.1. The van der Waals surface area contributed by atoms with Crippen LogP contribution >= 0.6 is 0 Å². The molecule has 2 aromatic rings. The maximum Gasteiger partial charge on any atom is 0.305 e. The summed E-state index contributed by atoms with van der Waals surface area (Å²) >= 11 is 0. The number of hydrogen-bond acceptors (Lipinski definition) is 3. The maximum atomic E-state index is 12.4. The van der Waals surface area contributed by atoms with Crippen LogP contribution in [0.25, 0.3) is 0 Å². The van der Waals surface area contributed by atoms with Crippen LogP contribution in [0.4, 0.5) is 0 Å². The van der Waals surface area contributed by atoms with Crippen molar-refractivity contribution in [3.8, 4) is 0 Å². The zero-order valence-electron chi connectivity index (χ0n) is 12.1. The SMILES string of the molecule is Cc1ccc(S(=O)(=O)N[C@H](CC(=O)O)c2ccccc2)cc1. The molecule has 0 radical (unpaired) electrons.